The van der Waals surface area contributed by atoms with Crippen LogP contribution in [-0.2, 0) is 0 Å². The first-order chi connectivity index (χ1) is 8.63. The van der Waals surface area contributed by atoms with E-state index in [2.05, 4.69) is 28.7 Å². The number of rotatable bonds is 3. The Morgan fingerprint density at radius 3 is 2.83 bits per heavy atom. The number of halogens is 2. The van der Waals surface area contributed by atoms with Crippen molar-refractivity contribution in [2.45, 2.75) is 38.1 Å². The number of nitrogens with two attached hydrogens (primary N) is 1. The summed E-state index contributed by atoms with van der Waals surface area (Å²) in [5.41, 5.74) is 7.64. The van der Waals surface area contributed by atoms with Gasteiger partial charge in [-0.1, -0.05) is 18.0 Å². The maximum Gasteiger partial charge on any atom is 0.0410 e. The first-order valence-corrected chi connectivity index (χ1v) is 8.29. The molecule has 0 amide bonds. The van der Waals surface area contributed by atoms with Crippen LogP contribution in [0, 0.1) is 21.3 Å². The van der Waals surface area contributed by atoms with Gasteiger partial charge in [0.15, 0.2) is 0 Å². The van der Waals surface area contributed by atoms with Crippen LogP contribution in [-0.4, -0.2) is 0 Å². The van der Waals surface area contributed by atoms with Crippen LogP contribution in [0.3, 0.4) is 0 Å². The molecule has 1 nitrogen and oxygen atoms in total. The molecule has 3 heteroatoms. The molecule has 4 unspecified atom stereocenters. The summed E-state index contributed by atoms with van der Waals surface area (Å²) in [6.45, 7) is 0. The molecule has 0 radical (unpaired) electrons. The molecule has 2 aliphatic carbocycles. The van der Waals surface area contributed by atoms with Crippen LogP contribution in [0.5, 0.6) is 0 Å². The molecule has 3 rings (SSSR count). The normalized spacial score (nSPS) is 31.8. The summed E-state index contributed by atoms with van der Waals surface area (Å²) in [7, 11) is 0. The van der Waals surface area contributed by atoms with E-state index in [1.54, 1.807) is 0 Å². The van der Waals surface area contributed by atoms with Gasteiger partial charge < -0.3 is 5.73 Å². The highest BCUT2D eigenvalue weighted by molar-refractivity contribution is 14.1. The number of hydrogen-bond donors (Lipinski definition) is 1. The fraction of sp³-hybridized carbons (Fsp3) is 0.600. The minimum Gasteiger partial charge on any atom is -0.324 e. The third-order valence-corrected chi connectivity index (χ3v) is 6.02. The molecule has 0 heterocycles. The highest BCUT2D eigenvalue weighted by Gasteiger charge is 2.39. The average Bonchev–Trinajstić information content (AvgIpc) is 2.94. The number of benzene rings is 1. The second-order valence-electron chi connectivity index (χ2n) is 5.94. The monoisotopic (exact) mass is 375 g/mol. The van der Waals surface area contributed by atoms with E-state index in [9.17, 15) is 0 Å². The van der Waals surface area contributed by atoms with Crippen molar-refractivity contribution in [2.75, 3.05) is 0 Å². The second kappa shape index (κ2) is 5.29. The van der Waals surface area contributed by atoms with Crippen LogP contribution in [0.15, 0.2) is 18.2 Å². The SMILES string of the molecule is NC(CC1CC2CCC1C2)c1cc(Cl)ccc1I. The summed E-state index contributed by atoms with van der Waals surface area (Å²) < 4.78 is 1.24. The van der Waals surface area contributed by atoms with Crippen molar-refractivity contribution in [1.82, 2.24) is 0 Å². The van der Waals surface area contributed by atoms with Gasteiger partial charge in [0, 0.05) is 14.6 Å². The van der Waals surface area contributed by atoms with Crippen LogP contribution in [0.2, 0.25) is 5.02 Å². The third-order valence-electron chi connectivity index (χ3n) is 4.80. The Kier molecular flexibility index (Phi) is 3.88. The molecule has 4 atom stereocenters. The van der Waals surface area contributed by atoms with E-state index in [1.165, 1.54) is 34.8 Å². The lowest BCUT2D eigenvalue weighted by molar-refractivity contribution is 0.296. The highest BCUT2D eigenvalue weighted by atomic mass is 127. The zero-order chi connectivity index (χ0) is 12.7. The van der Waals surface area contributed by atoms with Crippen molar-refractivity contribution >= 4 is 34.2 Å². The van der Waals surface area contributed by atoms with Gasteiger partial charge in [-0.25, -0.2) is 0 Å². The summed E-state index contributed by atoms with van der Waals surface area (Å²) >= 11 is 8.45. The largest absolute Gasteiger partial charge is 0.324 e. The van der Waals surface area contributed by atoms with E-state index in [0.29, 0.717) is 0 Å². The van der Waals surface area contributed by atoms with Crippen molar-refractivity contribution in [3.05, 3.63) is 32.4 Å². The van der Waals surface area contributed by atoms with Gasteiger partial charge in [0.2, 0.25) is 0 Å². The number of fused-ring (bicyclic) bond motifs is 2. The summed E-state index contributed by atoms with van der Waals surface area (Å²) in [6, 6.07) is 6.21. The van der Waals surface area contributed by atoms with Crippen molar-refractivity contribution in [3.8, 4) is 0 Å². The quantitative estimate of drug-likeness (QED) is 0.757. The molecule has 2 saturated carbocycles. The molecule has 0 aliphatic heterocycles. The Morgan fingerprint density at radius 1 is 1.33 bits per heavy atom. The fourth-order valence-electron chi connectivity index (χ4n) is 3.92. The van der Waals surface area contributed by atoms with Gasteiger partial charge in [-0.3, -0.25) is 0 Å². The maximum absolute atomic E-state index is 6.41. The molecule has 2 fully saturated rings. The summed E-state index contributed by atoms with van der Waals surface area (Å²) in [5, 5.41) is 0.800. The fourth-order valence-corrected chi connectivity index (χ4v) is 4.83. The van der Waals surface area contributed by atoms with E-state index in [-0.39, 0.29) is 6.04 Å². The minimum atomic E-state index is 0.153. The van der Waals surface area contributed by atoms with E-state index < -0.39 is 0 Å². The summed E-state index contributed by atoms with van der Waals surface area (Å²) in [6.07, 6.45) is 6.91. The molecule has 0 spiro atoms. The predicted octanol–water partition coefficient (Wildman–Crippen LogP) is 4.77. The highest BCUT2D eigenvalue weighted by Crippen LogP contribution is 2.50. The maximum atomic E-state index is 6.41. The molecule has 2 bridgehead atoms. The molecular formula is C15H19ClIN. The minimum absolute atomic E-state index is 0.153. The standard InChI is InChI=1S/C15H19ClIN/c16-12-3-4-14(17)13(8-12)15(18)7-11-6-9-1-2-10(11)5-9/h3-4,8-11,15H,1-2,5-7,18H2. The molecular weight excluding hydrogens is 357 g/mol. The molecule has 1 aromatic rings. The van der Waals surface area contributed by atoms with Gasteiger partial charge >= 0.3 is 0 Å². The van der Waals surface area contributed by atoms with Crippen LogP contribution >= 0.6 is 34.2 Å². The number of hydrogen-bond acceptors (Lipinski definition) is 1. The van der Waals surface area contributed by atoms with E-state index in [4.69, 9.17) is 17.3 Å². The topological polar surface area (TPSA) is 26.0 Å². The van der Waals surface area contributed by atoms with Crippen LogP contribution < -0.4 is 5.73 Å². The van der Waals surface area contributed by atoms with Gasteiger partial charge in [-0.05, 0) is 89.8 Å². The lowest BCUT2D eigenvalue weighted by atomic mass is 9.83. The smallest absolute Gasteiger partial charge is 0.0410 e. The Labute approximate surface area is 128 Å². The Bertz CT molecular complexity index is 448. The zero-order valence-corrected chi connectivity index (χ0v) is 13.3. The van der Waals surface area contributed by atoms with E-state index in [0.717, 1.165) is 29.2 Å². The van der Waals surface area contributed by atoms with Gasteiger partial charge in [0.1, 0.15) is 0 Å². The van der Waals surface area contributed by atoms with Crippen LogP contribution in [0.1, 0.15) is 43.7 Å². The second-order valence-corrected chi connectivity index (χ2v) is 7.54. The Hall–Kier alpha value is 0.200. The predicted molar refractivity (Wildman–Crippen MR) is 84.7 cm³/mol. The van der Waals surface area contributed by atoms with Gasteiger partial charge in [-0.15, -0.1) is 0 Å². The third kappa shape index (κ3) is 2.56. The molecule has 2 aliphatic rings. The van der Waals surface area contributed by atoms with Gasteiger partial charge in [0.05, 0.1) is 0 Å². The van der Waals surface area contributed by atoms with Gasteiger partial charge in [-0.2, -0.15) is 0 Å². The van der Waals surface area contributed by atoms with Crippen LogP contribution in [0.25, 0.3) is 0 Å². The Balaban J connectivity index is 1.71. The summed E-state index contributed by atoms with van der Waals surface area (Å²) in [4.78, 5) is 0. The summed E-state index contributed by atoms with van der Waals surface area (Å²) in [5.74, 6) is 2.82. The molecule has 2 N–H and O–H groups in total. The van der Waals surface area contributed by atoms with Crippen LogP contribution in [0.4, 0.5) is 0 Å². The molecule has 98 valence electrons. The average molecular weight is 376 g/mol. The van der Waals surface area contributed by atoms with E-state index >= 15 is 0 Å². The van der Waals surface area contributed by atoms with Crippen molar-refractivity contribution in [2.24, 2.45) is 23.5 Å². The van der Waals surface area contributed by atoms with Crippen molar-refractivity contribution in [1.29, 1.82) is 0 Å². The first kappa shape index (κ1) is 13.2. The van der Waals surface area contributed by atoms with Gasteiger partial charge in [0.25, 0.3) is 0 Å². The first-order valence-electron chi connectivity index (χ1n) is 6.84. The molecule has 18 heavy (non-hydrogen) atoms. The van der Waals surface area contributed by atoms with Crippen molar-refractivity contribution < 1.29 is 0 Å². The zero-order valence-electron chi connectivity index (χ0n) is 10.4. The molecule has 1 aromatic carbocycles. The van der Waals surface area contributed by atoms with Crippen molar-refractivity contribution in [3.63, 3.8) is 0 Å². The lowest BCUT2D eigenvalue weighted by Crippen LogP contribution is -2.20. The molecule has 0 saturated heterocycles. The lowest BCUT2D eigenvalue weighted by Gasteiger charge is -2.25. The van der Waals surface area contributed by atoms with E-state index in [1.807, 2.05) is 12.1 Å². The Morgan fingerprint density at radius 2 is 2.17 bits per heavy atom. The molecule has 0 aromatic heterocycles.